The molecule has 0 spiro atoms. The molecule has 0 nitrogen and oxygen atoms in total. The average Bonchev–Trinajstić information content (AvgIpc) is 1.72. The molecule has 1 aromatic heterocycles. The fraction of sp³-hybridized carbons (Fsp3) is 0. The topological polar surface area (TPSA) is 0 Å². The first-order valence-corrected chi connectivity index (χ1v) is 3.33. The van der Waals surface area contributed by atoms with Crippen molar-refractivity contribution in [2.24, 2.45) is 0 Å². The highest BCUT2D eigenvalue weighted by molar-refractivity contribution is 6.26. The molecule has 0 fully saturated rings. The zero-order valence-corrected chi connectivity index (χ0v) is 6.12. The molecule has 1 heterocycles. The minimum absolute atomic E-state index is 0. The minimum Gasteiger partial charge on any atom is -0.0805 e. The lowest BCUT2D eigenvalue weighted by Gasteiger charge is -1.69. The van der Waals surface area contributed by atoms with Gasteiger partial charge in [0, 0.05) is 20.1 Å². The van der Waals surface area contributed by atoms with Crippen LogP contribution in [0.25, 0.3) is 0 Å². The Morgan fingerprint density at radius 3 is 1.57 bits per heavy atom. The third kappa shape index (κ3) is 2.48. The molecule has 0 saturated heterocycles. The van der Waals surface area contributed by atoms with E-state index in [2.05, 4.69) is 29.6 Å². The Bertz CT molecular complexity index is 78.0. The van der Waals surface area contributed by atoms with Crippen LogP contribution in [0.4, 0.5) is 0 Å². The Morgan fingerprint density at radius 1 is 0.857 bits per heavy atom. The SMILES string of the molecule is [Si].c1cc[siH]cc1. The van der Waals surface area contributed by atoms with Gasteiger partial charge in [-0.05, 0) is 0 Å². The second-order valence-electron chi connectivity index (χ2n) is 1.15. The molecular formula is C5H6Si2. The molecule has 0 aliphatic heterocycles. The van der Waals surface area contributed by atoms with Gasteiger partial charge in [-0.1, -0.05) is 29.6 Å². The third-order valence-electron chi connectivity index (χ3n) is 0.667. The van der Waals surface area contributed by atoms with Gasteiger partial charge in [0.05, 0.1) is 0 Å². The van der Waals surface area contributed by atoms with Gasteiger partial charge in [0.25, 0.3) is 0 Å². The predicted octanol–water partition coefficient (Wildman–Crippen LogP) is 0.376. The Labute approximate surface area is 50.3 Å². The first kappa shape index (κ1) is 6.78. The van der Waals surface area contributed by atoms with Crippen LogP contribution in [-0.4, -0.2) is 20.1 Å². The standard InChI is InChI=1S/C5H6Si.Si/c1-2-4-6-5-3-1;/h1-6H;. The van der Waals surface area contributed by atoms with Crippen molar-refractivity contribution in [2.75, 3.05) is 0 Å². The number of hydrogen-bond acceptors (Lipinski definition) is 0. The summed E-state index contributed by atoms with van der Waals surface area (Å²) in [6, 6.07) is 6.24. The summed E-state index contributed by atoms with van der Waals surface area (Å²) in [7, 11) is 0.513. The van der Waals surface area contributed by atoms with E-state index < -0.39 is 0 Å². The van der Waals surface area contributed by atoms with Crippen LogP contribution in [0.2, 0.25) is 0 Å². The lowest BCUT2D eigenvalue weighted by molar-refractivity contribution is 1.87. The summed E-state index contributed by atoms with van der Waals surface area (Å²) in [5.74, 6) is 0. The Balaban J connectivity index is 0.000000360. The van der Waals surface area contributed by atoms with Crippen molar-refractivity contribution in [2.45, 2.75) is 0 Å². The second kappa shape index (κ2) is 3.96. The lowest BCUT2D eigenvalue weighted by Crippen LogP contribution is -1.60. The minimum atomic E-state index is 0. The van der Waals surface area contributed by atoms with E-state index in [9.17, 15) is 0 Å². The van der Waals surface area contributed by atoms with Crippen LogP contribution in [0.5, 0.6) is 0 Å². The largest absolute Gasteiger partial charge is 0.0805 e. The molecule has 34 valence electrons. The summed E-state index contributed by atoms with van der Waals surface area (Å²) in [4.78, 5) is 0. The van der Waals surface area contributed by atoms with E-state index in [0.717, 1.165) is 0 Å². The van der Waals surface area contributed by atoms with Gasteiger partial charge in [0.2, 0.25) is 0 Å². The van der Waals surface area contributed by atoms with Gasteiger partial charge >= 0.3 is 0 Å². The third-order valence-corrected chi connectivity index (χ3v) is 1.56. The van der Waals surface area contributed by atoms with Gasteiger partial charge in [-0.2, -0.15) is 0 Å². The molecule has 0 N–H and O–H groups in total. The van der Waals surface area contributed by atoms with E-state index in [1.165, 1.54) is 0 Å². The fourth-order valence-corrected chi connectivity index (χ4v) is 1.03. The molecule has 1 rings (SSSR count). The molecule has 0 aliphatic rings. The van der Waals surface area contributed by atoms with E-state index in [1.807, 2.05) is 0 Å². The smallest absolute Gasteiger partial charge is 0.0198 e. The average molecular weight is 122 g/mol. The first-order chi connectivity index (χ1) is 3.00. The predicted molar refractivity (Wildman–Crippen MR) is 34.9 cm³/mol. The van der Waals surface area contributed by atoms with Crippen LogP contribution in [0.15, 0.2) is 29.6 Å². The number of hydrogen-bond donors (Lipinski definition) is 0. The van der Waals surface area contributed by atoms with Gasteiger partial charge in [-0.25, -0.2) is 0 Å². The zero-order valence-electron chi connectivity index (χ0n) is 3.96. The van der Waals surface area contributed by atoms with Gasteiger partial charge in [-0.3, -0.25) is 0 Å². The molecule has 1 aromatic rings. The van der Waals surface area contributed by atoms with Crippen molar-refractivity contribution < 1.29 is 0 Å². The molecule has 0 bridgehead atoms. The summed E-state index contributed by atoms with van der Waals surface area (Å²) >= 11 is 0. The van der Waals surface area contributed by atoms with Crippen molar-refractivity contribution >= 4 is 20.1 Å². The molecule has 0 aromatic carbocycles. The molecule has 0 atom stereocenters. The quantitative estimate of drug-likeness (QED) is 0.436. The normalized spacial score (nSPS) is 6.86. The van der Waals surface area contributed by atoms with E-state index in [4.69, 9.17) is 0 Å². The van der Waals surface area contributed by atoms with Crippen molar-refractivity contribution in [1.29, 1.82) is 0 Å². The molecule has 0 aliphatic carbocycles. The highest BCUT2D eigenvalue weighted by Gasteiger charge is 1.58. The van der Waals surface area contributed by atoms with Gasteiger partial charge < -0.3 is 0 Å². The summed E-state index contributed by atoms with van der Waals surface area (Å²) in [5, 5.41) is 0. The first-order valence-electron chi connectivity index (χ1n) is 2.00. The maximum Gasteiger partial charge on any atom is 0.0198 e. The van der Waals surface area contributed by atoms with E-state index >= 15 is 0 Å². The fourth-order valence-electron chi connectivity index (χ4n) is 0.385. The maximum atomic E-state index is 2.21. The summed E-state index contributed by atoms with van der Waals surface area (Å²) < 4.78 is 0. The van der Waals surface area contributed by atoms with Crippen molar-refractivity contribution in [3.05, 3.63) is 29.6 Å². The van der Waals surface area contributed by atoms with Crippen LogP contribution in [-0.2, 0) is 0 Å². The summed E-state index contributed by atoms with van der Waals surface area (Å²) in [6.07, 6.45) is 0. The zero-order chi connectivity index (χ0) is 4.24. The molecule has 2 heteroatoms. The summed E-state index contributed by atoms with van der Waals surface area (Å²) in [5.41, 5.74) is 4.42. The maximum absolute atomic E-state index is 2.21. The van der Waals surface area contributed by atoms with Crippen molar-refractivity contribution in [1.82, 2.24) is 0 Å². The van der Waals surface area contributed by atoms with Gasteiger partial charge in [0.1, 0.15) is 0 Å². The summed E-state index contributed by atoms with van der Waals surface area (Å²) in [6.45, 7) is 0. The molecule has 0 unspecified atom stereocenters. The molecular weight excluding hydrogens is 116 g/mol. The Morgan fingerprint density at radius 2 is 1.43 bits per heavy atom. The molecule has 7 heavy (non-hydrogen) atoms. The van der Waals surface area contributed by atoms with Gasteiger partial charge in [0.15, 0.2) is 0 Å². The molecule has 0 amide bonds. The van der Waals surface area contributed by atoms with Crippen LogP contribution < -0.4 is 0 Å². The Hall–Kier alpha value is -0.216. The van der Waals surface area contributed by atoms with E-state index in [-0.39, 0.29) is 11.0 Å². The molecule has 0 saturated carbocycles. The van der Waals surface area contributed by atoms with E-state index in [0.29, 0.717) is 9.12 Å². The van der Waals surface area contributed by atoms with Gasteiger partial charge in [-0.15, -0.1) is 0 Å². The molecule has 4 radical (unpaired) electrons. The van der Waals surface area contributed by atoms with Crippen LogP contribution >= 0.6 is 0 Å². The second-order valence-corrected chi connectivity index (χ2v) is 2.31. The van der Waals surface area contributed by atoms with Crippen LogP contribution in [0, 0.1) is 0 Å². The highest BCUT2D eigenvalue weighted by atomic mass is 28.2. The highest BCUT2D eigenvalue weighted by Crippen LogP contribution is 1.73. The van der Waals surface area contributed by atoms with Crippen molar-refractivity contribution in [3.8, 4) is 0 Å². The monoisotopic (exact) mass is 122 g/mol. The van der Waals surface area contributed by atoms with Crippen LogP contribution in [0.1, 0.15) is 0 Å². The van der Waals surface area contributed by atoms with Crippen LogP contribution in [0.3, 0.4) is 0 Å². The van der Waals surface area contributed by atoms with E-state index in [1.54, 1.807) is 0 Å². The number of rotatable bonds is 0. The van der Waals surface area contributed by atoms with Crippen molar-refractivity contribution in [3.63, 3.8) is 0 Å². The Kier molecular flexibility index (Phi) is 3.83. The lowest BCUT2D eigenvalue weighted by atomic mass is 10.6.